The number of likely N-dealkylation sites (tertiary alicyclic amines) is 1. The molecule has 0 N–H and O–H groups in total. The summed E-state index contributed by atoms with van der Waals surface area (Å²) in [6.45, 7) is 4.07. The van der Waals surface area contributed by atoms with Gasteiger partial charge in [0.15, 0.2) is 0 Å². The van der Waals surface area contributed by atoms with E-state index in [1.54, 1.807) is 0 Å². The normalized spacial score (nSPS) is 21.8. The zero-order valence-electron chi connectivity index (χ0n) is 8.52. The maximum absolute atomic E-state index is 2.66. The second-order valence-electron chi connectivity index (χ2n) is 3.96. The van der Waals surface area contributed by atoms with Crippen molar-refractivity contribution in [2.24, 2.45) is 0 Å². The van der Waals surface area contributed by atoms with E-state index in [4.69, 9.17) is 0 Å². The van der Waals surface area contributed by atoms with Crippen LogP contribution in [-0.2, 0) is 0 Å². The van der Waals surface area contributed by atoms with E-state index >= 15 is 0 Å². The van der Waals surface area contributed by atoms with Crippen LogP contribution in [0.15, 0.2) is 0 Å². The van der Waals surface area contributed by atoms with Crippen LogP contribution in [0.25, 0.3) is 0 Å². The molecule has 1 rings (SSSR count). The van der Waals surface area contributed by atoms with Crippen molar-refractivity contribution in [1.29, 1.82) is 0 Å². The molecule has 0 aromatic rings. The molecular formula is C10H20LiN. The third kappa shape index (κ3) is 4.55. The Morgan fingerprint density at radius 3 is 2.08 bits per heavy atom. The molecule has 1 heterocycles. The predicted octanol–water partition coefficient (Wildman–Crippen LogP) is 2.23. The molecule has 1 aliphatic rings. The Morgan fingerprint density at radius 1 is 0.917 bits per heavy atom. The second kappa shape index (κ2) is 7.01. The fraction of sp³-hybridized carbons (Fsp3) is 1.00. The van der Waals surface area contributed by atoms with Gasteiger partial charge in [0.05, 0.1) is 0 Å². The summed E-state index contributed by atoms with van der Waals surface area (Å²) in [6.07, 6.45) is 8.65. The number of hydrogen-bond donors (Lipinski definition) is 0. The number of hydrogen-bond acceptors (Lipinski definition) is 1. The van der Waals surface area contributed by atoms with Gasteiger partial charge >= 0.3 is 85.9 Å². The quantitative estimate of drug-likeness (QED) is 0.574. The van der Waals surface area contributed by atoms with Gasteiger partial charge in [-0.1, -0.05) is 0 Å². The first-order valence-electron chi connectivity index (χ1n) is 5.66. The Hall–Kier alpha value is 0.557. The van der Waals surface area contributed by atoms with Crippen molar-refractivity contribution in [2.75, 3.05) is 19.6 Å². The SMILES string of the molecule is [Li][CH2]CCN1CCCCCCC1. The minimum absolute atomic E-state index is 1.34. The van der Waals surface area contributed by atoms with Crippen LogP contribution in [0, 0.1) is 0 Å². The first kappa shape index (κ1) is 10.6. The van der Waals surface area contributed by atoms with E-state index in [9.17, 15) is 0 Å². The summed E-state index contributed by atoms with van der Waals surface area (Å²) in [4.78, 5) is 2.66. The molecule has 1 aliphatic heterocycles. The zero-order valence-corrected chi connectivity index (χ0v) is 8.52. The fourth-order valence-corrected chi connectivity index (χ4v) is 1.92. The number of rotatable bonds is 3. The summed E-state index contributed by atoms with van der Waals surface area (Å²) in [7, 11) is 0. The van der Waals surface area contributed by atoms with E-state index in [0.29, 0.717) is 0 Å². The Bertz CT molecular complexity index is 95.3. The molecule has 0 radical (unpaired) electrons. The molecular weight excluding hydrogens is 141 g/mol. The molecule has 0 amide bonds. The Labute approximate surface area is 86.1 Å². The molecule has 1 nitrogen and oxygen atoms in total. The average molecular weight is 161 g/mol. The standard InChI is InChI=1S/C10H20N.Li/c1-2-8-11-9-6-4-3-5-7-10-11;/h1-10H2;. The van der Waals surface area contributed by atoms with E-state index in [0.717, 1.165) is 0 Å². The molecule has 0 unspecified atom stereocenters. The molecule has 1 fully saturated rings. The van der Waals surface area contributed by atoms with Crippen molar-refractivity contribution in [3.8, 4) is 0 Å². The van der Waals surface area contributed by atoms with Gasteiger partial charge < -0.3 is 0 Å². The third-order valence-corrected chi connectivity index (χ3v) is 2.78. The van der Waals surface area contributed by atoms with E-state index in [2.05, 4.69) is 22.6 Å². The van der Waals surface area contributed by atoms with E-state index < -0.39 is 0 Å². The van der Waals surface area contributed by atoms with E-state index in [1.165, 1.54) is 63.3 Å². The van der Waals surface area contributed by atoms with Crippen molar-refractivity contribution in [3.63, 3.8) is 0 Å². The van der Waals surface area contributed by atoms with Gasteiger partial charge in [0.2, 0.25) is 0 Å². The van der Waals surface area contributed by atoms with Gasteiger partial charge in [0.1, 0.15) is 0 Å². The van der Waals surface area contributed by atoms with Crippen LogP contribution in [0.5, 0.6) is 0 Å². The van der Waals surface area contributed by atoms with Gasteiger partial charge in [-0.2, -0.15) is 0 Å². The Morgan fingerprint density at radius 2 is 1.50 bits per heavy atom. The molecule has 0 aromatic heterocycles. The van der Waals surface area contributed by atoms with Crippen LogP contribution in [0.2, 0.25) is 5.09 Å². The second-order valence-corrected chi connectivity index (χ2v) is 3.96. The molecule has 0 aromatic carbocycles. The van der Waals surface area contributed by atoms with Gasteiger partial charge in [-0.05, 0) is 0 Å². The van der Waals surface area contributed by atoms with Gasteiger partial charge in [-0.3, -0.25) is 0 Å². The van der Waals surface area contributed by atoms with Crippen LogP contribution in [0.1, 0.15) is 38.5 Å². The summed E-state index contributed by atoms with van der Waals surface area (Å²) in [5, 5.41) is 1.34. The minimum atomic E-state index is 1.34. The molecule has 12 heavy (non-hydrogen) atoms. The third-order valence-electron chi connectivity index (χ3n) is 2.78. The van der Waals surface area contributed by atoms with Crippen molar-refractivity contribution in [1.82, 2.24) is 4.90 Å². The first-order valence-corrected chi connectivity index (χ1v) is 5.66. The van der Waals surface area contributed by atoms with E-state index in [-0.39, 0.29) is 0 Å². The molecule has 0 saturated carbocycles. The van der Waals surface area contributed by atoms with Crippen LogP contribution >= 0.6 is 0 Å². The molecule has 0 spiro atoms. The van der Waals surface area contributed by atoms with Crippen LogP contribution in [0.3, 0.4) is 0 Å². The molecule has 0 aliphatic carbocycles. The summed E-state index contributed by atoms with van der Waals surface area (Å²) in [5.41, 5.74) is 0. The van der Waals surface area contributed by atoms with Crippen molar-refractivity contribution in [2.45, 2.75) is 43.6 Å². The zero-order chi connectivity index (χ0) is 8.65. The van der Waals surface area contributed by atoms with Crippen LogP contribution < -0.4 is 0 Å². The van der Waals surface area contributed by atoms with Gasteiger partial charge in [0, 0.05) is 0 Å². The summed E-state index contributed by atoms with van der Waals surface area (Å²) < 4.78 is 0. The monoisotopic (exact) mass is 161 g/mol. The summed E-state index contributed by atoms with van der Waals surface area (Å²) in [5.74, 6) is 0. The molecule has 66 valence electrons. The van der Waals surface area contributed by atoms with Gasteiger partial charge in [0.25, 0.3) is 0 Å². The van der Waals surface area contributed by atoms with Crippen molar-refractivity contribution in [3.05, 3.63) is 0 Å². The molecule has 0 bridgehead atoms. The fourth-order valence-electron chi connectivity index (χ4n) is 1.92. The Kier molecular flexibility index (Phi) is 6.21. The van der Waals surface area contributed by atoms with Gasteiger partial charge in [-0.25, -0.2) is 0 Å². The average Bonchev–Trinajstić information content (AvgIpc) is 2.02. The van der Waals surface area contributed by atoms with E-state index in [1.807, 2.05) is 0 Å². The maximum atomic E-state index is 2.66. The van der Waals surface area contributed by atoms with Crippen LogP contribution in [0.4, 0.5) is 0 Å². The predicted molar refractivity (Wildman–Crippen MR) is 54.7 cm³/mol. The topological polar surface area (TPSA) is 3.24 Å². The summed E-state index contributed by atoms with van der Waals surface area (Å²) >= 11 is 2.28. The Balaban J connectivity index is 2.11. The first-order chi connectivity index (χ1) is 5.93. The summed E-state index contributed by atoms with van der Waals surface area (Å²) in [6, 6.07) is 0. The van der Waals surface area contributed by atoms with Crippen LogP contribution in [-0.4, -0.2) is 42.2 Å². The van der Waals surface area contributed by atoms with Crippen molar-refractivity contribution >= 4 is 17.7 Å². The number of nitrogens with zero attached hydrogens (tertiary/aromatic N) is 1. The van der Waals surface area contributed by atoms with Gasteiger partial charge in [-0.15, -0.1) is 0 Å². The molecule has 1 saturated heterocycles. The molecule has 0 atom stereocenters. The molecule has 2 heteroatoms. The van der Waals surface area contributed by atoms with Crippen molar-refractivity contribution < 1.29 is 0 Å².